The van der Waals surface area contributed by atoms with E-state index in [0.717, 1.165) is 0 Å². The maximum atomic E-state index is 12.5. The lowest BCUT2D eigenvalue weighted by molar-refractivity contribution is -0.159. The van der Waals surface area contributed by atoms with Gasteiger partial charge in [0.15, 0.2) is 0 Å². The fourth-order valence-electron chi connectivity index (χ4n) is 2.27. The van der Waals surface area contributed by atoms with Crippen LogP contribution in [0.1, 0.15) is 25.7 Å². The first-order valence-corrected chi connectivity index (χ1v) is 6.12. The summed E-state index contributed by atoms with van der Waals surface area (Å²) in [5.74, 6) is -1.33. The Morgan fingerprint density at radius 2 is 2.05 bits per heavy atom. The molecule has 1 saturated heterocycles. The second kappa shape index (κ2) is 6.62. The standard InChI is InChI=1S/C12H16F3NO4/c1-2-6-20-11(19)16-8(7-12(13,14)15)4-3-5-9(16)10(17)18/h2,8-9H,1,3-7H2,(H,17,18). The van der Waals surface area contributed by atoms with Crippen LogP contribution in [0.5, 0.6) is 0 Å². The Balaban J connectivity index is 2.91. The average Bonchev–Trinajstić information content (AvgIpc) is 2.33. The van der Waals surface area contributed by atoms with E-state index in [1.54, 1.807) is 0 Å². The molecule has 1 aliphatic heterocycles. The van der Waals surface area contributed by atoms with Crippen molar-refractivity contribution in [2.45, 2.75) is 43.9 Å². The van der Waals surface area contributed by atoms with Gasteiger partial charge in [-0.25, -0.2) is 9.59 Å². The van der Waals surface area contributed by atoms with Crippen molar-refractivity contribution in [3.8, 4) is 0 Å². The van der Waals surface area contributed by atoms with Crippen LogP contribution >= 0.6 is 0 Å². The van der Waals surface area contributed by atoms with E-state index in [1.807, 2.05) is 0 Å². The molecule has 5 nitrogen and oxygen atoms in total. The number of aliphatic carboxylic acids is 1. The van der Waals surface area contributed by atoms with Crippen LogP contribution in [-0.4, -0.2) is 46.9 Å². The second-order valence-corrected chi connectivity index (χ2v) is 4.53. The number of halogens is 3. The predicted molar refractivity (Wildman–Crippen MR) is 63.1 cm³/mol. The minimum Gasteiger partial charge on any atom is -0.480 e. The highest BCUT2D eigenvalue weighted by molar-refractivity contribution is 5.80. The number of carbonyl (C=O) groups excluding carboxylic acids is 1. The summed E-state index contributed by atoms with van der Waals surface area (Å²) in [7, 11) is 0. The highest BCUT2D eigenvalue weighted by atomic mass is 19.4. The Morgan fingerprint density at radius 1 is 1.40 bits per heavy atom. The Kier molecular flexibility index (Phi) is 5.41. The van der Waals surface area contributed by atoms with Crippen molar-refractivity contribution < 1.29 is 32.6 Å². The monoisotopic (exact) mass is 295 g/mol. The molecule has 1 fully saturated rings. The van der Waals surface area contributed by atoms with E-state index in [1.165, 1.54) is 6.08 Å². The number of hydrogen-bond donors (Lipinski definition) is 1. The van der Waals surface area contributed by atoms with E-state index in [0.29, 0.717) is 11.3 Å². The number of rotatable bonds is 4. The van der Waals surface area contributed by atoms with Gasteiger partial charge < -0.3 is 9.84 Å². The maximum absolute atomic E-state index is 12.5. The molecule has 1 aliphatic rings. The van der Waals surface area contributed by atoms with Crippen molar-refractivity contribution in [2.24, 2.45) is 0 Å². The van der Waals surface area contributed by atoms with Crippen molar-refractivity contribution in [1.82, 2.24) is 4.90 Å². The van der Waals surface area contributed by atoms with Crippen molar-refractivity contribution in [3.05, 3.63) is 12.7 Å². The Labute approximate surface area is 114 Å². The number of likely N-dealkylation sites (tertiary alicyclic amines) is 1. The molecule has 1 N–H and O–H groups in total. The Hall–Kier alpha value is -1.73. The SMILES string of the molecule is C=CCOC(=O)N1C(CC(F)(F)F)CCCC1C(=O)O. The highest BCUT2D eigenvalue weighted by Gasteiger charge is 2.44. The molecule has 114 valence electrons. The number of ether oxygens (including phenoxy) is 1. The molecule has 1 amide bonds. The zero-order valence-electron chi connectivity index (χ0n) is 10.7. The molecule has 8 heteroatoms. The third-order valence-corrected chi connectivity index (χ3v) is 3.03. The van der Waals surface area contributed by atoms with Crippen LogP contribution in [0.2, 0.25) is 0 Å². The molecule has 0 bridgehead atoms. The fourth-order valence-corrected chi connectivity index (χ4v) is 2.27. The van der Waals surface area contributed by atoms with Crippen LogP contribution < -0.4 is 0 Å². The number of hydrogen-bond acceptors (Lipinski definition) is 3. The number of carbonyl (C=O) groups is 2. The minimum atomic E-state index is -4.47. The topological polar surface area (TPSA) is 66.8 Å². The molecule has 1 heterocycles. The molecule has 0 aliphatic carbocycles. The number of carboxylic acid groups (broad SMARTS) is 1. The maximum Gasteiger partial charge on any atom is 0.411 e. The molecular weight excluding hydrogens is 279 g/mol. The summed E-state index contributed by atoms with van der Waals surface area (Å²) in [4.78, 5) is 23.6. The van der Waals surface area contributed by atoms with Gasteiger partial charge in [0.05, 0.1) is 6.42 Å². The molecule has 0 spiro atoms. The molecule has 0 aromatic carbocycles. The van der Waals surface area contributed by atoms with Crippen molar-refractivity contribution in [3.63, 3.8) is 0 Å². The largest absolute Gasteiger partial charge is 0.480 e. The normalized spacial score (nSPS) is 23.2. The van der Waals surface area contributed by atoms with Crippen LogP contribution in [0.15, 0.2) is 12.7 Å². The summed E-state index contributed by atoms with van der Waals surface area (Å²) in [5.41, 5.74) is 0. The van der Waals surface area contributed by atoms with Crippen molar-refractivity contribution >= 4 is 12.1 Å². The molecule has 0 saturated carbocycles. The van der Waals surface area contributed by atoms with Gasteiger partial charge in [-0.3, -0.25) is 4.90 Å². The van der Waals surface area contributed by atoms with Gasteiger partial charge in [0.2, 0.25) is 0 Å². The number of carboxylic acids is 1. The molecule has 0 aromatic heterocycles. The number of amides is 1. The first-order valence-electron chi connectivity index (χ1n) is 6.12. The number of piperidine rings is 1. The average molecular weight is 295 g/mol. The lowest BCUT2D eigenvalue weighted by atomic mass is 9.94. The van der Waals surface area contributed by atoms with Crippen LogP contribution in [0, 0.1) is 0 Å². The van der Waals surface area contributed by atoms with Crippen LogP contribution in [-0.2, 0) is 9.53 Å². The van der Waals surface area contributed by atoms with Gasteiger partial charge in [0, 0.05) is 6.04 Å². The molecule has 2 unspecified atom stereocenters. The van der Waals surface area contributed by atoms with E-state index in [2.05, 4.69) is 6.58 Å². The van der Waals surface area contributed by atoms with E-state index < -0.39 is 36.7 Å². The van der Waals surface area contributed by atoms with Gasteiger partial charge in [-0.1, -0.05) is 12.7 Å². The van der Waals surface area contributed by atoms with Crippen LogP contribution in [0.4, 0.5) is 18.0 Å². The van der Waals surface area contributed by atoms with Crippen molar-refractivity contribution in [1.29, 1.82) is 0 Å². The zero-order valence-corrected chi connectivity index (χ0v) is 10.7. The Morgan fingerprint density at radius 3 is 2.55 bits per heavy atom. The van der Waals surface area contributed by atoms with Crippen LogP contribution in [0.25, 0.3) is 0 Å². The summed E-state index contributed by atoms with van der Waals surface area (Å²) in [6.07, 6.45) is -4.95. The van der Waals surface area contributed by atoms with Gasteiger partial charge >= 0.3 is 18.2 Å². The van der Waals surface area contributed by atoms with E-state index in [-0.39, 0.29) is 19.4 Å². The quantitative estimate of drug-likeness (QED) is 0.809. The molecule has 1 rings (SSSR count). The van der Waals surface area contributed by atoms with Crippen LogP contribution in [0.3, 0.4) is 0 Å². The van der Waals surface area contributed by atoms with E-state index in [9.17, 15) is 22.8 Å². The summed E-state index contributed by atoms with van der Waals surface area (Å²) in [5, 5.41) is 9.05. The first-order chi connectivity index (χ1) is 9.26. The Bertz CT molecular complexity index is 383. The van der Waals surface area contributed by atoms with Gasteiger partial charge in [0.25, 0.3) is 0 Å². The van der Waals surface area contributed by atoms with Gasteiger partial charge in [0.1, 0.15) is 12.6 Å². The fraction of sp³-hybridized carbons (Fsp3) is 0.667. The predicted octanol–water partition coefficient (Wildman–Crippen LogP) is 2.57. The molecule has 2 atom stereocenters. The third-order valence-electron chi connectivity index (χ3n) is 3.03. The summed E-state index contributed by atoms with van der Waals surface area (Å²) < 4.78 is 42.2. The molecular formula is C12H16F3NO4. The first kappa shape index (κ1) is 16.3. The van der Waals surface area contributed by atoms with E-state index in [4.69, 9.17) is 9.84 Å². The lowest BCUT2D eigenvalue weighted by Crippen LogP contribution is -2.54. The summed E-state index contributed by atoms with van der Waals surface area (Å²) >= 11 is 0. The molecule has 0 radical (unpaired) electrons. The number of alkyl halides is 3. The van der Waals surface area contributed by atoms with Gasteiger partial charge in [-0.2, -0.15) is 13.2 Å². The zero-order chi connectivity index (χ0) is 15.3. The third kappa shape index (κ3) is 4.43. The van der Waals surface area contributed by atoms with E-state index >= 15 is 0 Å². The molecule has 20 heavy (non-hydrogen) atoms. The highest BCUT2D eigenvalue weighted by Crippen LogP contribution is 2.32. The smallest absolute Gasteiger partial charge is 0.411 e. The summed E-state index contributed by atoms with van der Waals surface area (Å²) in [6, 6.07) is -2.49. The summed E-state index contributed by atoms with van der Waals surface area (Å²) in [6.45, 7) is 3.14. The van der Waals surface area contributed by atoms with Gasteiger partial charge in [-0.15, -0.1) is 0 Å². The van der Waals surface area contributed by atoms with Crippen molar-refractivity contribution in [2.75, 3.05) is 6.61 Å². The number of nitrogens with zero attached hydrogens (tertiary/aromatic N) is 1. The second-order valence-electron chi connectivity index (χ2n) is 4.53. The molecule has 0 aromatic rings. The lowest BCUT2D eigenvalue weighted by Gasteiger charge is -2.39. The minimum absolute atomic E-state index is 0.104. The van der Waals surface area contributed by atoms with Gasteiger partial charge in [-0.05, 0) is 19.3 Å².